The van der Waals surface area contributed by atoms with Gasteiger partial charge < -0.3 is 10.2 Å². The van der Waals surface area contributed by atoms with Gasteiger partial charge in [0, 0.05) is 40.3 Å². The maximum absolute atomic E-state index is 13.6. The van der Waals surface area contributed by atoms with E-state index in [0.717, 1.165) is 23.1 Å². The maximum Gasteiger partial charge on any atom is 0.243 e. The van der Waals surface area contributed by atoms with E-state index in [1.807, 2.05) is 61.5 Å². The summed E-state index contributed by atoms with van der Waals surface area (Å²) in [6.07, 6.45) is 1.19. The van der Waals surface area contributed by atoms with Crippen LogP contribution in [0.3, 0.4) is 0 Å². The molecule has 0 aliphatic rings. The highest BCUT2D eigenvalue weighted by Gasteiger charge is 2.30. The van der Waals surface area contributed by atoms with Gasteiger partial charge in [0.15, 0.2) is 0 Å². The van der Waals surface area contributed by atoms with Gasteiger partial charge in [-0.15, -0.1) is 11.8 Å². The van der Waals surface area contributed by atoms with E-state index in [1.54, 1.807) is 23.1 Å². The average molecular weight is 564 g/mol. The Bertz CT molecular complexity index is 1160. The third-order valence-electron chi connectivity index (χ3n) is 5.62. The van der Waals surface area contributed by atoms with Gasteiger partial charge in [-0.2, -0.15) is 0 Å². The lowest BCUT2D eigenvalue weighted by Crippen LogP contribution is -2.51. The van der Waals surface area contributed by atoms with Crippen molar-refractivity contribution in [2.45, 2.75) is 38.1 Å². The van der Waals surface area contributed by atoms with Crippen LogP contribution in [-0.2, 0) is 28.3 Å². The van der Waals surface area contributed by atoms with Crippen molar-refractivity contribution < 1.29 is 9.59 Å². The minimum absolute atomic E-state index is 0.148. The van der Waals surface area contributed by atoms with Gasteiger partial charge in [0.2, 0.25) is 11.8 Å². The van der Waals surface area contributed by atoms with Crippen molar-refractivity contribution in [3.63, 3.8) is 0 Å². The van der Waals surface area contributed by atoms with Gasteiger partial charge >= 0.3 is 0 Å². The quantitative estimate of drug-likeness (QED) is 0.257. The number of nitrogens with zero attached hydrogens (tertiary/aromatic N) is 1. The lowest BCUT2D eigenvalue weighted by Gasteiger charge is -2.32. The summed E-state index contributed by atoms with van der Waals surface area (Å²) in [5, 5.41) is 4.61. The first-order valence-corrected chi connectivity index (χ1v) is 14.0. The van der Waals surface area contributed by atoms with Gasteiger partial charge in [-0.05, 0) is 41.3 Å². The SMILES string of the molecule is CCCNC(=O)[C@H](Cc1ccccc1)N(Cc1ccc(Cl)cc1Cl)C(=O)CSCc1ccccc1Cl. The molecule has 1 N–H and O–H groups in total. The molecule has 36 heavy (non-hydrogen) atoms. The predicted octanol–water partition coefficient (Wildman–Crippen LogP) is 7.05. The average Bonchev–Trinajstić information content (AvgIpc) is 2.87. The Hall–Kier alpha value is -2.18. The molecular formula is C28H29Cl3N2O2S. The van der Waals surface area contributed by atoms with Crippen molar-refractivity contribution in [3.05, 3.63) is 105 Å². The summed E-state index contributed by atoms with van der Waals surface area (Å²) in [5.41, 5.74) is 2.66. The molecule has 0 saturated heterocycles. The second kappa shape index (κ2) is 14.5. The molecule has 0 aliphatic heterocycles. The third kappa shape index (κ3) is 8.45. The van der Waals surface area contributed by atoms with Crippen LogP contribution >= 0.6 is 46.6 Å². The zero-order valence-electron chi connectivity index (χ0n) is 20.1. The smallest absolute Gasteiger partial charge is 0.243 e. The Morgan fingerprint density at radius 1 is 0.917 bits per heavy atom. The largest absolute Gasteiger partial charge is 0.354 e. The molecular weight excluding hydrogens is 535 g/mol. The molecule has 0 heterocycles. The highest BCUT2D eigenvalue weighted by molar-refractivity contribution is 7.99. The van der Waals surface area contributed by atoms with Crippen LogP contribution in [-0.4, -0.2) is 35.1 Å². The Kier molecular flexibility index (Phi) is 11.5. The minimum atomic E-state index is -0.695. The summed E-state index contributed by atoms with van der Waals surface area (Å²) in [6.45, 7) is 2.72. The second-order valence-corrected chi connectivity index (χ2v) is 10.6. The molecule has 0 aromatic heterocycles. The summed E-state index contributed by atoms with van der Waals surface area (Å²) >= 11 is 20.3. The standard InChI is InChI=1S/C28H29Cl3N2O2S/c1-2-14-32-28(35)26(15-20-8-4-3-5-9-20)33(17-21-12-13-23(29)16-25(21)31)27(34)19-36-18-22-10-6-7-11-24(22)30/h3-13,16,26H,2,14-15,17-19H2,1H3,(H,32,35)/t26-/m0/s1. The molecule has 3 aromatic carbocycles. The number of hydrogen-bond acceptors (Lipinski definition) is 3. The van der Waals surface area contributed by atoms with Crippen LogP contribution in [0.2, 0.25) is 15.1 Å². The van der Waals surface area contributed by atoms with Gasteiger partial charge in [0.25, 0.3) is 0 Å². The fourth-order valence-electron chi connectivity index (χ4n) is 3.70. The van der Waals surface area contributed by atoms with E-state index in [-0.39, 0.29) is 24.1 Å². The fourth-order valence-corrected chi connectivity index (χ4v) is 5.36. The number of benzene rings is 3. The van der Waals surface area contributed by atoms with Crippen LogP contribution in [0.25, 0.3) is 0 Å². The highest BCUT2D eigenvalue weighted by Crippen LogP contribution is 2.26. The number of amides is 2. The highest BCUT2D eigenvalue weighted by atomic mass is 35.5. The molecule has 3 aromatic rings. The van der Waals surface area contributed by atoms with Crippen molar-refractivity contribution in [2.24, 2.45) is 0 Å². The number of carbonyl (C=O) groups is 2. The van der Waals surface area contributed by atoms with Crippen LogP contribution in [0.5, 0.6) is 0 Å². The third-order valence-corrected chi connectivity index (χ3v) is 7.54. The normalized spacial score (nSPS) is 11.7. The number of carbonyl (C=O) groups excluding carboxylic acids is 2. The molecule has 0 spiro atoms. The molecule has 0 unspecified atom stereocenters. The summed E-state index contributed by atoms with van der Waals surface area (Å²) in [4.78, 5) is 28.6. The molecule has 4 nitrogen and oxygen atoms in total. The van der Waals surface area contributed by atoms with Gasteiger partial charge in [-0.25, -0.2) is 0 Å². The number of thioether (sulfide) groups is 1. The Labute approximate surface area is 232 Å². The first kappa shape index (κ1) is 28.4. The monoisotopic (exact) mass is 562 g/mol. The topological polar surface area (TPSA) is 49.4 Å². The van der Waals surface area contributed by atoms with Gasteiger partial charge in [-0.3, -0.25) is 9.59 Å². The summed E-state index contributed by atoms with van der Waals surface area (Å²) in [7, 11) is 0. The van der Waals surface area contributed by atoms with Crippen LogP contribution in [0.15, 0.2) is 72.8 Å². The molecule has 0 saturated carbocycles. The molecule has 1 atom stereocenters. The van der Waals surface area contributed by atoms with Crippen molar-refractivity contribution in [1.29, 1.82) is 0 Å². The van der Waals surface area contributed by atoms with Crippen LogP contribution < -0.4 is 5.32 Å². The van der Waals surface area contributed by atoms with E-state index in [9.17, 15) is 9.59 Å². The van der Waals surface area contributed by atoms with Crippen LogP contribution in [0.4, 0.5) is 0 Å². The molecule has 0 fully saturated rings. The predicted molar refractivity (Wildman–Crippen MR) is 152 cm³/mol. The van der Waals surface area contributed by atoms with Crippen molar-refractivity contribution in [2.75, 3.05) is 12.3 Å². The van der Waals surface area contributed by atoms with E-state index >= 15 is 0 Å². The van der Waals surface area contributed by atoms with Crippen LogP contribution in [0, 0.1) is 0 Å². The number of rotatable bonds is 12. The number of halogens is 3. The molecule has 0 bridgehead atoms. The van der Waals surface area contributed by atoms with Crippen molar-refractivity contribution >= 4 is 58.4 Å². The zero-order chi connectivity index (χ0) is 25.9. The summed E-state index contributed by atoms with van der Waals surface area (Å²) in [6, 6.07) is 21.8. The molecule has 2 amide bonds. The fraction of sp³-hybridized carbons (Fsp3) is 0.286. The van der Waals surface area contributed by atoms with Gasteiger partial charge in [0.05, 0.1) is 5.75 Å². The van der Waals surface area contributed by atoms with Crippen molar-refractivity contribution in [1.82, 2.24) is 10.2 Å². The lowest BCUT2D eigenvalue weighted by molar-refractivity contribution is -0.139. The van der Waals surface area contributed by atoms with Gasteiger partial charge in [0.1, 0.15) is 6.04 Å². The molecule has 190 valence electrons. The molecule has 0 aliphatic carbocycles. The van der Waals surface area contributed by atoms with E-state index in [2.05, 4.69) is 5.32 Å². The van der Waals surface area contributed by atoms with Crippen molar-refractivity contribution in [3.8, 4) is 0 Å². The Morgan fingerprint density at radius 2 is 1.64 bits per heavy atom. The lowest BCUT2D eigenvalue weighted by atomic mass is 10.0. The number of nitrogens with one attached hydrogen (secondary N) is 1. The van der Waals surface area contributed by atoms with Gasteiger partial charge in [-0.1, -0.05) is 96.3 Å². The van der Waals surface area contributed by atoms with E-state index in [1.165, 1.54) is 11.8 Å². The first-order chi connectivity index (χ1) is 17.4. The van der Waals surface area contributed by atoms with Crippen LogP contribution in [0.1, 0.15) is 30.0 Å². The Balaban J connectivity index is 1.87. The first-order valence-electron chi connectivity index (χ1n) is 11.7. The molecule has 8 heteroatoms. The minimum Gasteiger partial charge on any atom is -0.354 e. The molecule has 3 rings (SSSR count). The number of hydrogen-bond donors (Lipinski definition) is 1. The zero-order valence-corrected chi connectivity index (χ0v) is 23.1. The summed E-state index contributed by atoms with van der Waals surface area (Å²) in [5.74, 6) is 0.454. The second-order valence-electron chi connectivity index (χ2n) is 8.34. The summed E-state index contributed by atoms with van der Waals surface area (Å²) < 4.78 is 0. The maximum atomic E-state index is 13.6. The molecule has 0 radical (unpaired) electrons. The van der Waals surface area contributed by atoms with E-state index < -0.39 is 6.04 Å². The van der Waals surface area contributed by atoms with E-state index in [0.29, 0.717) is 33.8 Å². The Morgan fingerprint density at radius 3 is 2.33 bits per heavy atom. The van der Waals surface area contributed by atoms with E-state index in [4.69, 9.17) is 34.8 Å².